The number of hydrogen-bond donors (Lipinski definition) is 2. The summed E-state index contributed by atoms with van der Waals surface area (Å²) in [5, 5.41) is 2.92. The zero-order valence-corrected chi connectivity index (χ0v) is 15.2. The molecular weight excluding hydrogens is 328 g/mol. The molecule has 3 rings (SSSR count). The number of para-hydroxylation sites is 1. The van der Waals surface area contributed by atoms with Crippen molar-refractivity contribution in [2.45, 2.75) is 13.8 Å². The number of aromatic amines is 1. The number of carbonyl (C=O) groups excluding carboxylic acids is 1. The minimum absolute atomic E-state index is 0.192. The standard InChI is InChI=1S/C20H24N4O2/c1-3-24(4-2)11-12-26-16-8-5-7-15(13-16)23-20(25)17-9-6-10-18-19(17)22-14-21-18/h5-10,13-14H,3-4,11-12H2,1-2H3,(H,21,22)(H,23,25). The third kappa shape index (κ3) is 4.21. The fourth-order valence-corrected chi connectivity index (χ4v) is 2.84. The van der Waals surface area contributed by atoms with Crippen molar-refractivity contribution in [3.8, 4) is 5.75 Å². The predicted molar refractivity (Wildman–Crippen MR) is 104 cm³/mol. The fraction of sp³-hybridized carbons (Fsp3) is 0.300. The molecule has 1 aromatic heterocycles. The predicted octanol–water partition coefficient (Wildman–Crippen LogP) is 3.54. The highest BCUT2D eigenvalue weighted by atomic mass is 16.5. The summed E-state index contributed by atoms with van der Waals surface area (Å²) in [6, 6.07) is 12.9. The number of nitrogens with one attached hydrogen (secondary N) is 2. The first-order valence-corrected chi connectivity index (χ1v) is 8.90. The van der Waals surface area contributed by atoms with Gasteiger partial charge in [0.25, 0.3) is 5.91 Å². The second-order valence-corrected chi connectivity index (χ2v) is 5.96. The molecule has 26 heavy (non-hydrogen) atoms. The van der Waals surface area contributed by atoms with Gasteiger partial charge in [-0.2, -0.15) is 0 Å². The normalized spacial score (nSPS) is 11.0. The Kier molecular flexibility index (Phi) is 5.86. The van der Waals surface area contributed by atoms with Crippen molar-refractivity contribution in [2.75, 3.05) is 31.6 Å². The van der Waals surface area contributed by atoms with E-state index in [0.29, 0.717) is 23.4 Å². The minimum atomic E-state index is -0.192. The molecule has 6 heteroatoms. The molecule has 0 aliphatic carbocycles. The molecular formula is C20H24N4O2. The zero-order chi connectivity index (χ0) is 18.4. The van der Waals surface area contributed by atoms with E-state index in [0.717, 1.165) is 30.9 Å². The van der Waals surface area contributed by atoms with Crippen molar-refractivity contribution >= 4 is 22.6 Å². The van der Waals surface area contributed by atoms with Crippen LogP contribution in [0.25, 0.3) is 11.0 Å². The lowest BCUT2D eigenvalue weighted by molar-refractivity contribution is 0.102. The quantitative estimate of drug-likeness (QED) is 0.651. The van der Waals surface area contributed by atoms with E-state index in [-0.39, 0.29) is 5.91 Å². The van der Waals surface area contributed by atoms with E-state index in [1.165, 1.54) is 0 Å². The Labute approximate surface area is 153 Å². The van der Waals surface area contributed by atoms with Crippen LogP contribution in [0.15, 0.2) is 48.8 Å². The number of aromatic nitrogens is 2. The van der Waals surface area contributed by atoms with Crippen LogP contribution in [0.5, 0.6) is 5.75 Å². The van der Waals surface area contributed by atoms with E-state index >= 15 is 0 Å². The van der Waals surface area contributed by atoms with Crippen molar-refractivity contribution < 1.29 is 9.53 Å². The number of amides is 1. The highest BCUT2D eigenvalue weighted by Crippen LogP contribution is 2.20. The molecule has 0 atom stereocenters. The van der Waals surface area contributed by atoms with Gasteiger partial charge in [-0.05, 0) is 37.4 Å². The van der Waals surface area contributed by atoms with E-state index in [1.807, 2.05) is 36.4 Å². The van der Waals surface area contributed by atoms with Gasteiger partial charge in [-0.25, -0.2) is 4.98 Å². The number of hydrogen-bond acceptors (Lipinski definition) is 4. The lowest BCUT2D eigenvalue weighted by Gasteiger charge is -2.18. The number of nitrogens with zero attached hydrogens (tertiary/aromatic N) is 2. The Morgan fingerprint density at radius 2 is 2.00 bits per heavy atom. The smallest absolute Gasteiger partial charge is 0.257 e. The lowest BCUT2D eigenvalue weighted by atomic mass is 10.1. The molecule has 0 bridgehead atoms. The van der Waals surface area contributed by atoms with Gasteiger partial charge in [-0.3, -0.25) is 4.79 Å². The molecule has 0 saturated carbocycles. The van der Waals surface area contributed by atoms with Crippen LogP contribution < -0.4 is 10.1 Å². The van der Waals surface area contributed by atoms with Gasteiger partial charge in [0.2, 0.25) is 0 Å². The summed E-state index contributed by atoms with van der Waals surface area (Å²) < 4.78 is 5.82. The third-order valence-electron chi connectivity index (χ3n) is 4.36. The number of carbonyl (C=O) groups is 1. The number of benzene rings is 2. The molecule has 1 heterocycles. The zero-order valence-electron chi connectivity index (χ0n) is 15.2. The van der Waals surface area contributed by atoms with Gasteiger partial charge in [-0.15, -0.1) is 0 Å². The number of fused-ring (bicyclic) bond motifs is 1. The van der Waals surface area contributed by atoms with Gasteiger partial charge in [0.15, 0.2) is 0 Å². The molecule has 0 fully saturated rings. The van der Waals surface area contributed by atoms with Crippen LogP contribution in [0.3, 0.4) is 0 Å². The molecule has 1 amide bonds. The second-order valence-electron chi connectivity index (χ2n) is 5.96. The van der Waals surface area contributed by atoms with Crippen LogP contribution in [0.2, 0.25) is 0 Å². The number of H-pyrrole nitrogens is 1. The van der Waals surface area contributed by atoms with E-state index in [1.54, 1.807) is 12.4 Å². The maximum Gasteiger partial charge on any atom is 0.257 e. The number of ether oxygens (including phenoxy) is 1. The number of imidazole rings is 1. The molecule has 2 aromatic carbocycles. The van der Waals surface area contributed by atoms with Crippen LogP contribution in [-0.2, 0) is 0 Å². The van der Waals surface area contributed by atoms with E-state index in [2.05, 4.69) is 34.0 Å². The summed E-state index contributed by atoms with van der Waals surface area (Å²) in [6.07, 6.45) is 1.59. The first-order chi connectivity index (χ1) is 12.7. The van der Waals surface area contributed by atoms with Gasteiger partial charge in [0.1, 0.15) is 17.9 Å². The average molecular weight is 352 g/mol. The third-order valence-corrected chi connectivity index (χ3v) is 4.36. The van der Waals surface area contributed by atoms with Gasteiger partial charge in [0, 0.05) is 18.3 Å². The fourth-order valence-electron chi connectivity index (χ4n) is 2.84. The van der Waals surface area contributed by atoms with Gasteiger partial charge >= 0.3 is 0 Å². The molecule has 0 radical (unpaired) electrons. The van der Waals surface area contributed by atoms with E-state index < -0.39 is 0 Å². The van der Waals surface area contributed by atoms with E-state index in [9.17, 15) is 4.79 Å². The topological polar surface area (TPSA) is 70.2 Å². The summed E-state index contributed by atoms with van der Waals surface area (Å²) in [5.41, 5.74) is 2.74. The Morgan fingerprint density at radius 1 is 1.19 bits per heavy atom. The molecule has 0 aliphatic heterocycles. The molecule has 136 valence electrons. The number of rotatable bonds is 8. The van der Waals surface area contributed by atoms with Crippen LogP contribution in [0.1, 0.15) is 24.2 Å². The molecule has 0 aliphatic rings. The Bertz CT molecular complexity index is 871. The molecule has 0 spiro atoms. The number of likely N-dealkylation sites (N-methyl/N-ethyl adjacent to an activating group) is 1. The lowest BCUT2D eigenvalue weighted by Crippen LogP contribution is -2.27. The van der Waals surface area contributed by atoms with E-state index in [4.69, 9.17) is 4.74 Å². The van der Waals surface area contributed by atoms with Crippen molar-refractivity contribution in [3.05, 3.63) is 54.4 Å². The molecule has 3 aromatic rings. The Morgan fingerprint density at radius 3 is 2.81 bits per heavy atom. The second kappa shape index (κ2) is 8.49. The van der Waals surface area contributed by atoms with Crippen molar-refractivity contribution in [3.63, 3.8) is 0 Å². The monoisotopic (exact) mass is 352 g/mol. The van der Waals surface area contributed by atoms with Crippen LogP contribution in [0, 0.1) is 0 Å². The summed E-state index contributed by atoms with van der Waals surface area (Å²) >= 11 is 0. The summed E-state index contributed by atoms with van der Waals surface area (Å²) in [7, 11) is 0. The van der Waals surface area contributed by atoms with Crippen molar-refractivity contribution in [2.24, 2.45) is 0 Å². The van der Waals surface area contributed by atoms with Crippen molar-refractivity contribution in [1.29, 1.82) is 0 Å². The van der Waals surface area contributed by atoms with Crippen molar-refractivity contribution in [1.82, 2.24) is 14.9 Å². The highest BCUT2D eigenvalue weighted by molar-refractivity contribution is 6.11. The minimum Gasteiger partial charge on any atom is -0.492 e. The maximum absolute atomic E-state index is 12.6. The van der Waals surface area contributed by atoms with Gasteiger partial charge in [-0.1, -0.05) is 26.0 Å². The van der Waals surface area contributed by atoms with Crippen LogP contribution in [-0.4, -0.2) is 47.0 Å². The van der Waals surface area contributed by atoms with Gasteiger partial charge in [0.05, 0.1) is 17.4 Å². The Balaban J connectivity index is 1.65. The molecule has 2 N–H and O–H groups in total. The van der Waals surface area contributed by atoms with Crippen LogP contribution in [0.4, 0.5) is 5.69 Å². The number of anilines is 1. The molecule has 0 saturated heterocycles. The Hall–Kier alpha value is -2.86. The maximum atomic E-state index is 12.6. The summed E-state index contributed by atoms with van der Waals surface area (Å²) in [5.74, 6) is 0.552. The first kappa shape index (κ1) is 17.9. The SMILES string of the molecule is CCN(CC)CCOc1cccc(NC(=O)c2cccc3[nH]cnc23)c1. The summed E-state index contributed by atoms with van der Waals surface area (Å²) in [6.45, 7) is 7.79. The summed E-state index contributed by atoms with van der Waals surface area (Å²) in [4.78, 5) is 22.1. The highest BCUT2D eigenvalue weighted by Gasteiger charge is 2.12. The molecule has 0 unspecified atom stereocenters. The largest absolute Gasteiger partial charge is 0.492 e. The van der Waals surface area contributed by atoms with Crippen LogP contribution >= 0.6 is 0 Å². The first-order valence-electron chi connectivity index (χ1n) is 8.90. The average Bonchev–Trinajstić information content (AvgIpc) is 3.14. The van der Waals surface area contributed by atoms with Gasteiger partial charge < -0.3 is 19.9 Å². The molecule has 6 nitrogen and oxygen atoms in total.